The Morgan fingerprint density at radius 3 is 2.56 bits per heavy atom. The monoisotopic (exact) mass is 466 g/mol. The van der Waals surface area contributed by atoms with E-state index in [2.05, 4.69) is 10.3 Å². The van der Waals surface area contributed by atoms with Crippen LogP contribution in [0.15, 0.2) is 54.9 Å². The number of aryl methyl sites for hydroxylation is 1. The fourth-order valence-electron chi connectivity index (χ4n) is 2.77. The number of halogens is 5. The van der Waals surface area contributed by atoms with Crippen molar-refractivity contribution < 1.29 is 31.9 Å². The van der Waals surface area contributed by atoms with Crippen LogP contribution in [0.5, 0.6) is 5.75 Å². The zero-order valence-electron chi connectivity index (χ0n) is 16.5. The van der Waals surface area contributed by atoms with Crippen LogP contribution in [-0.4, -0.2) is 23.3 Å². The number of pyridine rings is 1. The molecule has 0 saturated carbocycles. The van der Waals surface area contributed by atoms with Crippen LogP contribution >= 0.6 is 11.6 Å². The van der Waals surface area contributed by atoms with Crippen LogP contribution in [0.25, 0.3) is 0 Å². The number of ketones is 1. The van der Waals surface area contributed by atoms with Crippen molar-refractivity contribution in [2.24, 2.45) is 0 Å². The standard InChI is InChI=1S/C22H15ClF4N2O3/c1-12-4-5-28-10-18(12)29-20(30)11-32-19-3-2-15(23)9-17(19)21(31)13-6-14(22(25,26)27)8-16(24)7-13/h2-10H,11H2,1H3,(H,29,30). The minimum atomic E-state index is -4.84. The maximum atomic E-state index is 13.7. The van der Waals surface area contributed by atoms with Gasteiger partial charge in [0.25, 0.3) is 5.91 Å². The Bertz CT molecular complexity index is 1180. The largest absolute Gasteiger partial charge is 0.483 e. The number of benzene rings is 2. The van der Waals surface area contributed by atoms with Gasteiger partial charge in [-0.25, -0.2) is 4.39 Å². The van der Waals surface area contributed by atoms with Crippen LogP contribution in [0.1, 0.15) is 27.0 Å². The Kier molecular flexibility index (Phi) is 6.78. The molecule has 0 aliphatic heterocycles. The van der Waals surface area contributed by atoms with Crippen molar-refractivity contribution in [3.05, 3.63) is 88.0 Å². The fraction of sp³-hybridized carbons (Fsp3) is 0.136. The molecule has 1 heterocycles. The van der Waals surface area contributed by atoms with Gasteiger partial charge >= 0.3 is 6.18 Å². The summed E-state index contributed by atoms with van der Waals surface area (Å²) in [6.45, 7) is 1.26. The number of anilines is 1. The fourth-order valence-corrected chi connectivity index (χ4v) is 2.94. The lowest BCUT2D eigenvalue weighted by Crippen LogP contribution is -2.21. The first-order valence-corrected chi connectivity index (χ1v) is 9.47. The molecule has 0 atom stereocenters. The van der Waals surface area contributed by atoms with Crippen molar-refractivity contribution in [2.75, 3.05) is 11.9 Å². The van der Waals surface area contributed by atoms with Crippen molar-refractivity contribution in [1.29, 1.82) is 0 Å². The van der Waals surface area contributed by atoms with Crippen LogP contribution in [0.3, 0.4) is 0 Å². The number of carbonyl (C=O) groups excluding carboxylic acids is 2. The molecule has 0 aliphatic rings. The summed E-state index contributed by atoms with van der Waals surface area (Å²) >= 11 is 5.92. The van der Waals surface area contributed by atoms with E-state index in [0.717, 1.165) is 5.56 Å². The number of rotatable bonds is 6. The molecule has 10 heteroatoms. The third kappa shape index (κ3) is 5.61. The predicted molar refractivity (Wildman–Crippen MR) is 109 cm³/mol. The van der Waals surface area contributed by atoms with Gasteiger partial charge in [-0.1, -0.05) is 11.6 Å². The van der Waals surface area contributed by atoms with Crippen LogP contribution in [-0.2, 0) is 11.0 Å². The Hall–Kier alpha value is -3.46. The average Bonchev–Trinajstić information content (AvgIpc) is 2.73. The van der Waals surface area contributed by atoms with E-state index in [1.807, 2.05) is 0 Å². The summed E-state index contributed by atoms with van der Waals surface area (Å²) < 4.78 is 58.2. The summed E-state index contributed by atoms with van der Waals surface area (Å²) in [6, 6.07) is 7.04. The van der Waals surface area contributed by atoms with Gasteiger partial charge in [-0.05, 0) is 55.0 Å². The van der Waals surface area contributed by atoms with Crippen LogP contribution in [0.4, 0.5) is 23.2 Å². The zero-order valence-corrected chi connectivity index (χ0v) is 17.2. The highest BCUT2D eigenvalue weighted by Gasteiger charge is 2.32. The number of ether oxygens (including phenoxy) is 1. The predicted octanol–water partition coefficient (Wildman–Crippen LogP) is 5.45. The molecule has 1 aromatic heterocycles. The second kappa shape index (κ2) is 9.35. The van der Waals surface area contributed by atoms with E-state index in [1.54, 1.807) is 19.2 Å². The Morgan fingerprint density at radius 1 is 1.12 bits per heavy atom. The summed E-state index contributed by atoms with van der Waals surface area (Å²) in [5, 5.41) is 2.69. The first-order chi connectivity index (χ1) is 15.0. The molecule has 3 aromatic rings. The van der Waals surface area contributed by atoms with Crippen molar-refractivity contribution in [2.45, 2.75) is 13.1 Å². The third-order valence-electron chi connectivity index (χ3n) is 4.35. The molecule has 0 spiro atoms. The lowest BCUT2D eigenvalue weighted by molar-refractivity contribution is -0.137. The second-order valence-corrected chi connectivity index (χ2v) is 7.16. The lowest BCUT2D eigenvalue weighted by Gasteiger charge is -2.13. The number of aromatic nitrogens is 1. The maximum Gasteiger partial charge on any atom is 0.416 e. The van der Waals surface area contributed by atoms with Gasteiger partial charge in [0.05, 0.1) is 23.0 Å². The Balaban J connectivity index is 1.84. The number of alkyl halides is 3. The molecule has 1 amide bonds. The molecule has 0 fully saturated rings. The van der Waals surface area contributed by atoms with E-state index in [-0.39, 0.29) is 22.4 Å². The van der Waals surface area contributed by atoms with E-state index < -0.39 is 41.4 Å². The summed E-state index contributed by atoms with van der Waals surface area (Å²) in [7, 11) is 0. The van der Waals surface area contributed by atoms with E-state index >= 15 is 0 Å². The molecule has 0 saturated heterocycles. The first kappa shape index (κ1) is 23.2. The van der Waals surface area contributed by atoms with Gasteiger partial charge in [0.2, 0.25) is 0 Å². The van der Waals surface area contributed by atoms with E-state index in [9.17, 15) is 27.2 Å². The number of nitrogens with one attached hydrogen (secondary N) is 1. The van der Waals surface area contributed by atoms with Crippen molar-refractivity contribution in [1.82, 2.24) is 4.98 Å². The summed E-state index contributed by atoms with van der Waals surface area (Å²) in [5.41, 5.74) is -0.840. The molecule has 0 aliphatic carbocycles. The SMILES string of the molecule is Cc1ccncc1NC(=O)COc1ccc(Cl)cc1C(=O)c1cc(F)cc(C(F)(F)F)c1. The number of nitrogens with zero attached hydrogens (tertiary/aromatic N) is 1. The molecular formula is C22H15ClF4N2O3. The second-order valence-electron chi connectivity index (χ2n) is 6.72. The molecule has 5 nitrogen and oxygen atoms in total. The highest BCUT2D eigenvalue weighted by atomic mass is 35.5. The smallest absolute Gasteiger partial charge is 0.416 e. The minimum absolute atomic E-state index is 0.101. The number of amides is 1. The topological polar surface area (TPSA) is 68.3 Å². The van der Waals surface area contributed by atoms with Gasteiger partial charge in [-0.2, -0.15) is 13.2 Å². The number of carbonyl (C=O) groups is 2. The van der Waals surface area contributed by atoms with E-state index in [4.69, 9.17) is 16.3 Å². The third-order valence-corrected chi connectivity index (χ3v) is 4.58. The molecular weight excluding hydrogens is 452 g/mol. The van der Waals surface area contributed by atoms with Gasteiger partial charge in [0.15, 0.2) is 12.4 Å². The lowest BCUT2D eigenvalue weighted by atomic mass is 10.00. The molecule has 3 rings (SSSR count). The molecule has 0 bridgehead atoms. The minimum Gasteiger partial charge on any atom is -0.483 e. The molecule has 2 aromatic carbocycles. The first-order valence-electron chi connectivity index (χ1n) is 9.10. The highest BCUT2D eigenvalue weighted by Crippen LogP contribution is 2.32. The summed E-state index contributed by atoms with van der Waals surface area (Å²) in [4.78, 5) is 29.0. The average molecular weight is 467 g/mol. The number of hydrogen-bond donors (Lipinski definition) is 1. The normalized spacial score (nSPS) is 11.2. The van der Waals surface area contributed by atoms with Gasteiger partial charge in [-0.15, -0.1) is 0 Å². The molecule has 1 N–H and O–H groups in total. The Labute approximate surface area is 185 Å². The Morgan fingerprint density at radius 2 is 1.88 bits per heavy atom. The zero-order chi connectivity index (χ0) is 23.5. The van der Waals surface area contributed by atoms with Crippen molar-refractivity contribution >= 4 is 29.0 Å². The van der Waals surface area contributed by atoms with Crippen LogP contribution in [0.2, 0.25) is 5.02 Å². The molecule has 166 valence electrons. The van der Waals surface area contributed by atoms with Crippen LogP contribution < -0.4 is 10.1 Å². The number of hydrogen-bond acceptors (Lipinski definition) is 4. The summed E-state index contributed by atoms with van der Waals surface area (Å²) in [5.74, 6) is -2.83. The van der Waals surface area contributed by atoms with Gasteiger partial charge in [-0.3, -0.25) is 14.6 Å². The van der Waals surface area contributed by atoms with E-state index in [0.29, 0.717) is 17.8 Å². The molecule has 0 unspecified atom stereocenters. The van der Waals surface area contributed by atoms with Gasteiger partial charge < -0.3 is 10.1 Å². The van der Waals surface area contributed by atoms with Crippen LogP contribution in [0, 0.1) is 12.7 Å². The van der Waals surface area contributed by atoms with Crippen molar-refractivity contribution in [3.8, 4) is 5.75 Å². The molecule has 0 radical (unpaired) electrons. The molecule has 32 heavy (non-hydrogen) atoms. The van der Waals surface area contributed by atoms with Gasteiger partial charge in [0.1, 0.15) is 11.6 Å². The van der Waals surface area contributed by atoms with Crippen molar-refractivity contribution in [3.63, 3.8) is 0 Å². The quantitative estimate of drug-likeness (QED) is 0.387. The van der Waals surface area contributed by atoms with Gasteiger partial charge in [0, 0.05) is 16.8 Å². The maximum absolute atomic E-state index is 13.7. The van der Waals surface area contributed by atoms with E-state index in [1.165, 1.54) is 24.4 Å². The highest BCUT2D eigenvalue weighted by molar-refractivity contribution is 6.31. The summed E-state index contributed by atoms with van der Waals surface area (Å²) in [6.07, 6.45) is -1.83.